The quantitative estimate of drug-likeness (QED) is 0.274. The lowest BCUT2D eigenvalue weighted by atomic mass is 9.60. The van der Waals surface area contributed by atoms with E-state index in [0.717, 1.165) is 107 Å². The molecule has 0 bridgehead atoms. The van der Waals surface area contributed by atoms with Gasteiger partial charge in [-0.05, 0) is 93.8 Å². The zero-order valence-corrected chi connectivity index (χ0v) is 25.3. The maximum absolute atomic E-state index is 14.9. The fourth-order valence-corrected chi connectivity index (χ4v) is 10.3. The molecule has 228 valence electrons. The average molecular weight is 605 g/mol. The van der Waals surface area contributed by atoms with Gasteiger partial charge in [-0.3, -0.25) is 0 Å². The number of hydrogen-bond acceptors (Lipinski definition) is 6. The number of benzene rings is 6. The molecule has 11 rings (SSSR count). The molecule has 0 aromatic heterocycles. The van der Waals surface area contributed by atoms with Crippen molar-refractivity contribution >= 4 is 54.5 Å². The second-order valence-electron chi connectivity index (χ2n) is 14.1. The van der Waals surface area contributed by atoms with Crippen LogP contribution in [0.1, 0.15) is 45.2 Å². The van der Waals surface area contributed by atoms with Crippen LogP contribution in [0, 0.1) is 0 Å². The Balaban J connectivity index is 1.19. The van der Waals surface area contributed by atoms with Gasteiger partial charge in [0.25, 0.3) is 0 Å². The van der Waals surface area contributed by atoms with Crippen molar-refractivity contribution in [1.29, 1.82) is 0 Å². The molecule has 1 aliphatic carbocycles. The van der Waals surface area contributed by atoms with Gasteiger partial charge in [-0.2, -0.15) is 0 Å². The number of aromatic hydroxyl groups is 2. The largest absolute Gasteiger partial charge is 0.851 e. The second kappa shape index (κ2) is 8.64. The van der Waals surface area contributed by atoms with Gasteiger partial charge in [-0.15, -0.1) is 12.2 Å². The van der Waals surface area contributed by atoms with Crippen LogP contribution in [-0.2, 0) is 25.7 Å². The summed E-state index contributed by atoms with van der Waals surface area (Å²) in [5.41, 5.74) is 8.58. The summed E-state index contributed by atoms with van der Waals surface area (Å²) in [6.45, 7) is 3.71. The smallest absolute Gasteiger partial charge is 0.123 e. The summed E-state index contributed by atoms with van der Waals surface area (Å²) in [5, 5.41) is 60.3. The van der Waals surface area contributed by atoms with Gasteiger partial charge < -0.3 is 30.2 Å². The molecule has 2 N–H and O–H groups in total. The molecule has 6 aromatic carbocycles. The minimum absolute atomic E-state index is 0.143. The maximum atomic E-state index is 14.9. The van der Waals surface area contributed by atoms with Crippen molar-refractivity contribution < 1.29 is 20.4 Å². The third-order valence-corrected chi connectivity index (χ3v) is 12.2. The van der Waals surface area contributed by atoms with Gasteiger partial charge in [0, 0.05) is 58.5 Å². The first-order valence-corrected chi connectivity index (χ1v) is 16.8. The number of hydrogen-bond donors (Lipinski definition) is 2. The molecule has 4 heterocycles. The lowest BCUT2D eigenvalue weighted by molar-refractivity contribution is -0.535. The van der Waals surface area contributed by atoms with E-state index in [2.05, 4.69) is 34.1 Å². The summed E-state index contributed by atoms with van der Waals surface area (Å²) in [6.07, 6.45) is 1.14. The molecule has 0 amide bonds. The minimum Gasteiger partial charge on any atom is -0.851 e. The van der Waals surface area contributed by atoms with Crippen LogP contribution in [0.2, 0.25) is 0 Å². The zero-order valence-electron chi connectivity index (χ0n) is 25.3. The second-order valence-corrected chi connectivity index (χ2v) is 14.1. The van der Waals surface area contributed by atoms with Crippen molar-refractivity contribution in [1.82, 2.24) is 0 Å². The van der Waals surface area contributed by atoms with Gasteiger partial charge in [-0.1, -0.05) is 48.5 Å². The van der Waals surface area contributed by atoms with Crippen LogP contribution in [0.5, 0.6) is 11.5 Å². The molecule has 0 atom stereocenters. The first-order chi connectivity index (χ1) is 22.5. The van der Waals surface area contributed by atoms with Gasteiger partial charge in [0.1, 0.15) is 11.5 Å². The van der Waals surface area contributed by atoms with E-state index in [1.807, 2.05) is 24.3 Å². The van der Waals surface area contributed by atoms with Gasteiger partial charge in [0.05, 0.1) is 11.4 Å². The summed E-state index contributed by atoms with van der Waals surface area (Å²) in [7, 11) is 0. The van der Waals surface area contributed by atoms with Crippen molar-refractivity contribution in [2.45, 2.75) is 49.7 Å². The molecule has 1 saturated carbocycles. The molecule has 4 aliphatic heterocycles. The molecule has 0 spiro atoms. The van der Waals surface area contributed by atoms with Gasteiger partial charge >= 0.3 is 0 Å². The van der Waals surface area contributed by atoms with E-state index in [1.165, 1.54) is 22.3 Å². The Morgan fingerprint density at radius 3 is 1.28 bits per heavy atom. The number of phenolic OH excluding ortho intramolecular Hbond substituents is 2. The highest BCUT2D eigenvalue weighted by Crippen LogP contribution is 2.59. The summed E-state index contributed by atoms with van der Waals surface area (Å²) in [5.74, 6) is -1.35. The third-order valence-electron chi connectivity index (χ3n) is 12.2. The Labute approximate surface area is 265 Å². The Morgan fingerprint density at radius 2 is 0.870 bits per heavy atom. The predicted octanol–water partition coefficient (Wildman–Crippen LogP) is 4.89. The van der Waals surface area contributed by atoms with Crippen LogP contribution in [0.25, 0.3) is 43.1 Å². The highest BCUT2D eigenvalue weighted by atomic mass is 16.3. The highest BCUT2D eigenvalue weighted by Gasteiger charge is 2.44. The van der Waals surface area contributed by atoms with Crippen LogP contribution < -0.4 is 20.0 Å². The fourth-order valence-electron chi connectivity index (χ4n) is 10.3. The van der Waals surface area contributed by atoms with Crippen LogP contribution in [0.15, 0.2) is 60.7 Å². The minimum atomic E-state index is -1.22. The monoisotopic (exact) mass is 604 g/mol. The Hall–Kier alpha value is -4.52. The standard InChI is InChI=1S/C40H32N2O4/c43-25-9-7-21-13-17-41-15-11-19-3-1-5-23-27(19)37(41)29(21)33(25)31(23)35-39(45)36(40(35)46)32-24-6-2-4-20-12-16-42-18-14-22-8-10-26(44)34(32)30(22)38(42)28(20)24/h1-10,35-36,39-40,43-44H,11-18H2/q-2. The van der Waals surface area contributed by atoms with E-state index in [9.17, 15) is 20.4 Å². The first kappa shape index (κ1) is 25.6. The van der Waals surface area contributed by atoms with Crippen LogP contribution in [0.3, 0.4) is 0 Å². The molecule has 6 aromatic rings. The Morgan fingerprint density at radius 1 is 0.478 bits per heavy atom. The average Bonchev–Trinajstić information content (AvgIpc) is 3.08. The molecule has 1 fully saturated rings. The van der Waals surface area contributed by atoms with Crippen molar-refractivity contribution in [2.24, 2.45) is 0 Å². The van der Waals surface area contributed by atoms with E-state index in [4.69, 9.17) is 0 Å². The Bertz CT molecular complexity index is 2200. The molecule has 0 saturated heterocycles. The van der Waals surface area contributed by atoms with E-state index < -0.39 is 24.0 Å². The highest BCUT2D eigenvalue weighted by molar-refractivity contribution is 6.21. The van der Waals surface area contributed by atoms with E-state index in [-0.39, 0.29) is 11.5 Å². The van der Waals surface area contributed by atoms with Crippen molar-refractivity contribution in [3.63, 3.8) is 0 Å². The molecule has 0 unspecified atom stereocenters. The fraction of sp³-hybridized carbons (Fsp3) is 0.300. The first-order valence-electron chi connectivity index (χ1n) is 16.8. The summed E-state index contributed by atoms with van der Waals surface area (Å²) < 4.78 is 0. The third kappa shape index (κ3) is 2.92. The molecule has 0 radical (unpaired) electrons. The topological polar surface area (TPSA) is 93.1 Å². The maximum Gasteiger partial charge on any atom is 0.123 e. The number of phenols is 2. The number of anilines is 2. The summed E-state index contributed by atoms with van der Waals surface area (Å²) in [6, 6.07) is 20.1. The predicted molar refractivity (Wildman–Crippen MR) is 179 cm³/mol. The van der Waals surface area contributed by atoms with Gasteiger partial charge in [0.15, 0.2) is 0 Å². The molecule has 6 heteroatoms. The van der Waals surface area contributed by atoms with Crippen molar-refractivity contribution in [2.75, 3.05) is 36.0 Å². The molecular formula is C40H32N2O4-2. The summed E-state index contributed by atoms with van der Waals surface area (Å²) >= 11 is 0. The number of rotatable bonds is 2. The van der Waals surface area contributed by atoms with Crippen LogP contribution in [0.4, 0.5) is 11.4 Å². The lowest BCUT2D eigenvalue weighted by Crippen LogP contribution is -2.63. The lowest BCUT2D eigenvalue weighted by Gasteiger charge is -2.62. The van der Waals surface area contributed by atoms with E-state index in [0.29, 0.717) is 10.8 Å². The van der Waals surface area contributed by atoms with Crippen molar-refractivity contribution in [3.05, 3.63) is 94.0 Å². The normalized spacial score (nSPS) is 24.1. The van der Waals surface area contributed by atoms with Gasteiger partial charge in [-0.25, -0.2) is 0 Å². The Kier molecular flexibility index (Phi) is 4.81. The molecular weight excluding hydrogens is 572 g/mol. The van der Waals surface area contributed by atoms with Crippen LogP contribution in [-0.4, -0.2) is 48.6 Å². The van der Waals surface area contributed by atoms with E-state index >= 15 is 0 Å². The van der Waals surface area contributed by atoms with Gasteiger partial charge in [0.2, 0.25) is 0 Å². The summed E-state index contributed by atoms with van der Waals surface area (Å²) in [4.78, 5) is 4.85. The molecule has 5 aliphatic rings. The van der Waals surface area contributed by atoms with Crippen molar-refractivity contribution in [3.8, 4) is 11.5 Å². The molecule has 6 nitrogen and oxygen atoms in total. The molecule has 46 heavy (non-hydrogen) atoms. The number of nitrogens with zero attached hydrogens (tertiary/aromatic N) is 2. The van der Waals surface area contributed by atoms with E-state index in [1.54, 1.807) is 12.1 Å². The van der Waals surface area contributed by atoms with Crippen LogP contribution >= 0.6 is 0 Å². The SMILES string of the molecule is [O-]C1C(c2c3cccc4c3c3c5c(ccc(O)c25)CCN3CC4)C([O-])C1c1c2cccc3c2c2c4c(ccc(O)c14)CCN2CC3. The zero-order chi connectivity index (χ0) is 30.6.